The maximum atomic E-state index is 8.64. The SMILES string of the molecule is [2H]C([2H])([2H])c1c[n+](C)c(-c2c(C)ccc3c2oc2nc(C)ccc23)cc1C([2H])(C)C([2H])([2H])[2H]. The summed E-state index contributed by atoms with van der Waals surface area (Å²) < 4.78 is 64.0. The Morgan fingerprint density at radius 2 is 1.96 bits per heavy atom. The summed E-state index contributed by atoms with van der Waals surface area (Å²) in [7, 11) is 1.70. The van der Waals surface area contributed by atoms with Gasteiger partial charge in [0.1, 0.15) is 7.05 Å². The van der Waals surface area contributed by atoms with Crippen molar-refractivity contribution in [2.45, 2.75) is 40.4 Å². The second-order valence-electron chi connectivity index (χ2n) is 6.76. The Bertz CT molecular complexity index is 1400. The molecule has 0 saturated heterocycles. The molecule has 1 aromatic carbocycles. The summed E-state index contributed by atoms with van der Waals surface area (Å²) in [5.41, 5.74) is 3.79. The van der Waals surface area contributed by atoms with Crippen LogP contribution in [0.2, 0.25) is 0 Å². The minimum atomic E-state index is -2.73. The summed E-state index contributed by atoms with van der Waals surface area (Å²) in [6.45, 7) is -0.299. The van der Waals surface area contributed by atoms with Crippen LogP contribution in [0, 0.1) is 20.7 Å². The van der Waals surface area contributed by atoms with Gasteiger partial charge in [-0.2, -0.15) is 0 Å². The molecular formula is C23H25N2O+. The van der Waals surface area contributed by atoms with E-state index in [-0.39, 0.29) is 11.1 Å². The minimum absolute atomic E-state index is 0.0583. The van der Waals surface area contributed by atoms with Crippen LogP contribution in [-0.2, 0) is 7.05 Å². The molecule has 3 aromatic heterocycles. The Balaban J connectivity index is 2.11. The third kappa shape index (κ3) is 2.50. The number of nitrogens with zero attached hydrogens (tertiary/aromatic N) is 2. The zero-order valence-electron chi connectivity index (χ0n) is 22.3. The first-order valence-corrected chi connectivity index (χ1v) is 8.47. The van der Waals surface area contributed by atoms with Crippen molar-refractivity contribution < 1.29 is 18.6 Å². The van der Waals surface area contributed by atoms with Gasteiger partial charge >= 0.3 is 0 Å². The van der Waals surface area contributed by atoms with Crippen molar-refractivity contribution >= 4 is 22.1 Å². The van der Waals surface area contributed by atoms with E-state index in [2.05, 4.69) is 4.98 Å². The van der Waals surface area contributed by atoms with Gasteiger partial charge < -0.3 is 4.42 Å². The summed E-state index contributed by atoms with van der Waals surface area (Å²) in [5.74, 6) is -2.13. The highest BCUT2D eigenvalue weighted by Gasteiger charge is 2.23. The fourth-order valence-electron chi connectivity index (χ4n) is 3.44. The van der Waals surface area contributed by atoms with Crippen LogP contribution in [0.3, 0.4) is 0 Å². The molecule has 0 fully saturated rings. The van der Waals surface area contributed by atoms with E-state index < -0.39 is 19.6 Å². The number of hydrogen-bond donors (Lipinski definition) is 0. The second-order valence-corrected chi connectivity index (χ2v) is 6.76. The van der Waals surface area contributed by atoms with E-state index >= 15 is 0 Å². The summed E-state index contributed by atoms with van der Waals surface area (Å²) >= 11 is 0. The first kappa shape index (κ1) is 10.5. The van der Waals surface area contributed by atoms with Gasteiger partial charge in [-0.05, 0) is 49.9 Å². The molecule has 1 atom stereocenters. The number of aromatic nitrogens is 2. The molecule has 0 aliphatic carbocycles. The first-order chi connectivity index (χ1) is 15.1. The van der Waals surface area contributed by atoms with E-state index in [0.29, 0.717) is 22.6 Å². The first-order valence-electron chi connectivity index (χ1n) is 12.0. The fourth-order valence-corrected chi connectivity index (χ4v) is 3.44. The number of benzene rings is 1. The van der Waals surface area contributed by atoms with Crippen LogP contribution in [0.5, 0.6) is 0 Å². The Kier molecular flexibility index (Phi) is 2.39. The van der Waals surface area contributed by atoms with E-state index in [1.165, 1.54) is 19.2 Å². The number of fused-ring (bicyclic) bond motifs is 3. The fraction of sp³-hybridized carbons (Fsp3) is 0.304. The minimum Gasteiger partial charge on any atom is -0.437 e. The van der Waals surface area contributed by atoms with Crippen LogP contribution in [0.1, 0.15) is 51.6 Å². The van der Waals surface area contributed by atoms with E-state index in [1.54, 1.807) is 11.6 Å². The molecule has 0 aliphatic rings. The average molecular weight is 353 g/mol. The average Bonchev–Trinajstić information content (AvgIpc) is 3.03. The number of rotatable bonds is 2. The molecule has 4 aromatic rings. The lowest BCUT2D eigenvalue weighted by molar-refractivity contribution is -0.660. The number of pyridine rings is 2. The number of furan rings is 1. The molecule has 1 unspecified atom stereocenters. The predicted octanol–water partition coefficient (Wildman–Crippen LogP) is 5.52. The van der Waals surface area contributed by atoms with Crippen LogP contribution >= 0.6 is 0 Å². The molecule has 0 spiro atoms. The Labute approximate surface area is 164 Å². The largest absolute Gasteiger partial charge is 0.437 e. The maximum absolute atomic E-state index is 8.64. The highest BCUT2D eigenvalue weighted by molar-refractivity contribution is 6.08. The molecular weight excluding hydrogens is 320 g/mol. The van der Waals surface area contributed by atoms with Crippen LogP contribution in [0.4, 0.5) is 0 Å². The molecule has 0 aliphatic heterocycles. The topological polar surface area (TPSA) is 29.9 Å². The van der Waals surface area contributed by atoms with Gasteiger partial charge in [-0.1, -0.05) is 25.9 Å². The summed E-state index contributed by atoms with van der Waals surface area (Å²) in [6, 6.07) is 9.25. The van der Waals surface area contributed by atoms with Crippen LogP contribution in [0.25, 0.3) is 33.3 Å². The van der Waals surface area contributed by atoms with Crippen molar-refractivity contribution in [1.82, 2.24) is 4.98 Å². The zero-order chi connectivity index (χ0) is 24.5. The molecule has 0 radical (unpaired) electrons. The number of aryl methyl sites for hydroxylation is 4. The van der Waals surface area contributed by atoms with Gasteiger partial charge in [0, 0.05) is 37.7 Å². The van der Waals surface area contributed by atoms with Crippen molar-refractivity contribution in [3.05, 3.63) is 58.9 Å². The second kappa shape index (κ2) is 5.94. The lowest BCUT2D eigenvalue weighted by Gasteiger charge is -2.12. The van der Waals surface area contributed by atoms with Gasteiger partial charge in [-0.25, -0.2) is 9.55 Å². The highest BCUT2D eigenvalue weighted by atomic mass is 16.3. The van der Waals surface area contributed by atoms with Gasteiger partial charge in [0.15, 0.2) is 11.8 Å². The molecule has 3 heteroatoms. The van der Waals surface area contributed by atoms with Crippen molar-refractivity contribution in [2.24, 2.45) is 7.05 Å². The van der Waals surface area contributed by atoms with E-state index in [9.17, 15) is 0 Å². The zero-order valence-corrected chi connectivity index (χ0v) is 15.3. The summed E-state index contributed by atoms with van der Waals surface area (Å²) in [6.07, 6.45) is 1.40. The van der Waals surface area contributed by atoms with Gasteiger partial charge in [-0.3, -0.25) is 0 Å². The molecule has 0 amide bonds. The van der Waals surface area contributed by atoms with Gasteiger partial charge in [0.2, 0.25) is 11.4 Å². The normalized spacial score (nSPS) is 19.0. The Morgan fingerprint density at radius 3 is 2.73 bits per heavy atom. The van der Waals surface area contributed by atoms with Crippen molar-refractivity contribution in [3.8, 4) is 11.3 Å². The molecule has 0 N–H and O–H groups in total. The van der Waals surface area contributed by atoms with E-state index in [1.807, 2.05) is 38.1 Å². The standard InChI is InChI=1S/C23H25N2O/c1-13(2)19-11-20(25(6)12-15(19)4)21-14(3)7-9-17-18-10-8-16(5)24-23(18)26-22(17)21/h7-13H,1-6H3/q+1/i1D3,4D3,13D. The van der Waals surface area contributed by atoms with E-state index in [4.69, 9.17) is 14.0 Å². The molecule has 4 rings (SSSR count). The summed E-state index contributed by atoms with van der Waals surface area (Å²) in [5, 5.41) is 1.70. The number of hydrogen-bond acceptors (Lipinski definition) is 2. The third-order valence-corrected chi connectivity index (χ3v) is 4.79. The summed E-state index contributed by atoms with van der Waals surface area (Å²) in [4.78, 5) is 4.48. The lowest BCUT2D eigenvalue weighted by atomic mass is 9.94. The van der Waals surface area contributed by atoms with Gasteiger partial charge in [0.25, 0.3) is 0 Å². The van der Waals surface area contributed by atoms with Crippen LogP contribution in [-0.4, -0.2) is 4.98 Å². The molecule has 3 heterocycles. The smallest absolute Gasteiger partial charge is 0.227 e. The van der Waals surface area contributed by atoms with Crippen molar-refractivity contribution in [1.29, 1.82) is 0 Å². The molecule has 0 bridgehead atoms. The van der Waals surface area contributed by atoms with Crippen LogP contribution in [0.15, 0.2) is 40.9 Å². The monoisotopic (exact) mass is 352 g/mol. The Morgan fingerprint density at radius 1 is 1.15 bits per heavy atom. The molecule has 0 saturated carbocycles. The molecule has 3 nitrogen and oxygen atoms in total. The maximum Gasteiger partial charge on any atom is 0.227 e. The van der Waals surface area contributed by atoms with Crippen molar-refractivity contribution in [2.75, 3.05) is 0 Å². The quantitative estimate of drug-likeness (QED) is 0.445. The van der Waals surface area contributed by atoms with Crippen LogP contribution < -0.4 is 4.57 Å². The van der Waals surface area contributed by atoms with Gasteiger partial charge in [0.05, 0.1) is 5.56 Å². The Hall–Kier alpha value is -2.68. The predicted molar refractivity (Wildman–Crippen MR) is 106 cm³/mol. The molecule has 132 valence electrons. The highest BCUT2D eigenvalue weighted by Crippen LogP contribution is 2.37. The molecule has 26 heavy (non-hydrogen) atoms. The van der Waals surface area contributed by atoms with E-state index in [0.717, 1.165) is 22.0 Å². The lowest BCUT2D eigenvalue weighted by Crippen LogP contribution is -2.32. The van der Waals surface area contributed by atoms with Crippen molar-refractivity contribution in [3.63, 3.8) is 0 Å². The van der Waals surface area contributed by atoms with Gasteiger partial charge in [-0.15, -0.1) is 0 Å². The third-order valence-electron chi connectivity index (χ3n) is 4.79.